The molecule has 0 fully saturated rings. The molecule has 2 aromatic heterocycles. The molecule has 0 bridgehead atoms. The minimum Gasteiger partial charge on any atom is -0.462 e. The molecular weight excluding hydrogens is 222 g/mol. The van der Waals surface area contributed by atoms with Gasteiger partial charge in [-0.05, 0) is 18.2 Å². The average molecular weight is 227 g/mol. The number of allylic oxidation sites excluding steroid dienone is 1. The van der Waals surface area contributed by atoms with Gasteiger partial charge in [-0.3, -0.25) is 0 Å². The van der Waals surface area contributed by atoms with E-state index in [-0.39, 0.29) is 5.57 Å². The van der Waals surface area contributed by atoms with E-state index in [4.69, 9.17) is 14.9 Å². The van der Waals surface area contributed by atoms with Gasteiger partial charge in [0.25, 0.3) is 0 Å². The van der Waals surface area contributed by atoms with Crippen molar-refractivity contribution in [2.45, 2.75) is 0 Å². The molecule has 0 saturated carbocycles. The maximum Gasteiger partial charge on any atom is 0.162 e. The van der Waals surface area contributed by atoms with Crippen LogP contribution in [-0.4, -0.2) is 4.98 Å². The van der Waals surface area contributed by atoms with Gasteiger partial charge in [0.2, 0.25) is 0 Å². The lowest BCUT2D eigenvalue weighted by Gasteiger charge is -1.86. The monoisotopic (exact) mass is 227 g/mol. The summed E-state index contributed by atoms with van der Waals surface area (Å²) in [5, 5.41) is 19.7. The van der Waals surface area contributed by atoms with E-state index in [1.165, 1.54) is 17.4 Å². The van der Waals surface area contributed by atoms with Gasteiger partial charge in [0, 0.05) is 5.38 Å². The summed E-state index contributed by atoms with van der Waals surface area (Å²) < 4.78 is 5.19. The molecule has 5 heteroatoms. The highest BCUT2D eigenvalue weighted by atomic mass is 32.1. The zero-order valence-corrected chi connectivity index (χ0v) is 8.86. The molecule has 0 atom stereocenters. The van der Waals surface area contributed by atoms with Gasteiger partial charge < -0.3 is 4.42 Å². The minimum atomic E-state index is 0.0382. The standard InChI is InChI=1S/C11H5N3OS/c12-5-8(6-13)4-9-7-16-11(14-9)10-2-1-3-15-10/h1-4,7H. The summed E-state index contributed by atoms with van der Waals surface area (Å²) in [6.07, 6.45) is 3.02. The number of hydrogen-bond donors (Lipinski definition) is 0. The Bertz CT molecular complexity index is 580. The largest absolute Gasteiger partial charge is 0.462 e. The Balaban J connectivity index is 2.32. The SMILES string of the molecule is N#CC(C#N)=Cc1csc(-c2ccco2)n1. The van der Waals surface area contributed by atoms with Crippen molar-refractivity contribution in [2.75, 3.05) is 0 Å². The van der Waals surface area contributed by atoms with Crippen molar-refractivity contribution in [3.05, 3.63) is 35.0 Å². The first kappa shape index (κ1) is 10.2. The first-order valence-electron chi connectivity index (χ1n) is 4.35. The summed E-state index contributed by atoms with van der Waals surface area (Å²) >= 11 is 1.40. The summed E-state index contributed by atoms with van der Waals surface area (Å²) in [5.74, 6) is 0.681. The topological polar surface area (TPSA) is 73.6 Å². The molecule has 0 saturated heterocycles. The van der Waals surface area contributed by atoms with Gasteiger partial charge in [-0.1, -0.05) is 0 Å². The quantitative estimate of drug-likeness (QED) is 0.739. The van der Waals surface area contributed by atoms with E-state index >= 15 is 0 Å². The molecule has 2 rings (SSSR count). The van der Waals surface area contributed by atoms with Crippen LogP contribution in [0.4, 0.5) is 0 Å². The number of nitrogens with zero attached hydrogens (tertiary/aromatic N) is 3. The van der Waals surface area contributed by atoms with E-state index in [1.807, 2.05) is 6.07 Å². The van der Waals surface area contributed by atoms with E-state index in [1.54, 1.807) is 29.8 Å². The van der Waals surface area contributed by atoms with Gasteiger partial charge >= 0.3 is 0 Å². The molecule has 0 aliphatic rings. The normalized spacial score (nSPS) is 9.12. The lowest BCUT2D eigenvalue weighted by molar-refractivity contribution is 0.582. The Morgan fingerprint density at radius 3 is 2.88 bits per heavy atom. The molecule has 0 aliphatic carbocycles. The lowest BCUT2D eigenvalue weighted by atomic mass is 10.3. The molecule has 0 N–H and O–H groups in total. The predicted molar refractivity (Wildman–Crippen MR) is 59.0 cm³/mol. The van der Waals surface area contributed by atoms with Crippen molar-refractivity contribution in [3.8, 4) is 22.9 Å². The van der Waals surface area contributed by atoms with E-state index < -0.39 is 0 Å². The van der Waals surface area contributed by atoms with Crippen molar-refractivity contribution in [2.24, 2.45) is 0 Å². The summed E-state index contributed by atoms with van der Waals surface area (Å²) in [5.41, 5.74) is 0.630. The fraction of sp³-hybridized carbons (Fsp3) is 0. The van der Waals surface area contributed by atoms with Gasteiger partial charge in [-0.25, -0.2) is 4.98 Å². The van der Waals surface area contributed by atoms with Crippen molar-refractivity contribution in [3.63, 3.8) is 0 Å². The molecule has 0 radical (unpaired) electrons. The fourth-order valence-corrected chi connectivity index (χ4v) is 1.85. The Hall–Kier alpha value is -2.37. The van der Waals surface area contributed by atoms with E-state index in [0.717, 1.165) is 5.01 Å². The highest BCUT2D eigenvalue weighted by Gasteiger charge is 2.06. The van der Waals surface area contributed by atoms with Crippen LogP contribution in [0.1, 0.15) is 5.69 Å². The van der Waals surface area contributed by atoms with Crippen LogP contribution in [0, 0.1) is 22.7 Å². The second kappa shape index (κ2) is 4.43. The maximum atomic E-state index is 8.59. The molecule has 2 heterocycles. The van der Waals surface area contributed by atoms with Gasteiger partial charge in [0.15, 0.2) is 10.8 Å². The summed E-state index contributed by atoms with van der Waals surface area (Å²) in [6.45, 7) is 0. The zero-order chi connectivity index (χ0) is 11.4. The number of aromatic nitrogens is 1. The predicted octanol–water partition coefficient (Wildman–Crippen LogP) is 2.83. The highest BCUT2D eigenvalue weighted by molar-refractivity contribution is 7.13. The van der Waals surface area contributed by atoms with Gasteiger partial charge in [-0.15, -0.1) is 11.3 Å². The molecule has 4 nitrogen and oxygen atoms in total. The number of hydrogen-bond acceptors (Lipinski definition) is 5. The van der Waals surface area contributed by atoms with E-state index in [0.29, 0.717) is 11.5 Å². The number of furan rings is 1. The average Bonchev–Trinajstić information content (AvgIpc) is 2.96. The summed E-state index contributed by atoms with van der Waals surface area (Å²) in [7, 11) is 0. The van der Waals surface area contributed by atoms with Gasteiger partial charge in [-0.2, -0.15) is 10.5 Å². The summed E-state index contributed by atoms with van der Waals surface area (Å²) in [4.78, 5) is 4.23. The third-order valence-corrected chi connectivity index (χ3v) is 2.66. The molecule has 0 unspecified atom stereocenters. The molecule has 0 aliphatic heterocycles. The number of thiazole rings is 1. The second-order valence-corrected chi connectivity index (χ2v) is 3.69. The van der Waals surface area contributed by atoms with Crippen LogP contribution >= 0.6 is 11.3 Å². The third-order valence-electron chi connectivity index (χ3n) is 1.79. The van der Waals surface area contributed by atoms with Crippen LogP contribution < -0.4 is 0 Å². The minimum absolute atomic E-state index is 0.0382. The van der Waals surface area contributed by atoms with E-state index in [9.17, 15) is 0 Å². The van der Waals surface area contributed by atoms with Gasteiger partial charge in [0.1, 0.15) is 17.7 Å². The molecule has 2 aromatic rings. The van der Waals surface area contributed by atoms with Crippen molar-refractivity contribution in [1.82, 2.24) is 4.98 Å². The maximum absolute atomic E-state index is 8.59. The fourth-order valence-electron chi connectivity index (χ4n) is 1.10. The molecule has 76 valence electrons. The Morgan fingerprint density at radius 2 is 2.25 bits per heavy atom. The van der Waals surface area contributed by atoms with Crippen molar-refractivity contribution >= 4 is 17.4 Å². The van der Waals surface area contributed by atoms with Crippen LogP contribution in [0.25, 0.3) is 16.8 Å². The molecule has 0 amide bonds. The summed E-state index contributed by atoms with van der Waals surface area (Å²) in [6, 6.07) is 7.16. The molecular formula is C11H5N3OS. The van der Waals surface area contributed by atoms with Crippen molar-refractivity contribution < 1.29 is 4.42 Å². The van der Waals surface area contributed by atoms with Gasteiger partial charge in [0.05, 0.1) is 12.0 Å². The van der Waals surface area contributed by atoms with Crippen molar-refractivity contribution in [1.29, 1.82) is 10.5 Å². The van der Waals surface area contributed by atoms with Crippen LogP contribution in [0.5, 0.6) is 0 Å². The van der Waals surface area contributed by atoms with Crippen LogP contribution in [0.2, 0.25) is 0 Å². The Morgan fingerprint density at radius 1 is 1.44 bits per heavy atom. The van der Waals surface area contributed by atoms with E-state index in [2.05, 4.69) is 4.98 Å². The van der Waals surface area contributed by atoms with Crippen LogP contribution in [0.3, 0.4) is 0 Å². The highest BCUT2D eigenvalue weighted by Crippen LogP contribution is 2.24. The first-order chi connectivity index (χ1) is 7.83. The molecule has 16 heavy (non-hydrogen) atoms. The Kier molecular flexibility index (Phi) is 2.81. The first-order valence-corrected chi connectivity index (χ1v) is 5.23. The van der Waals surface area contributed by atoms with Crippen LogP contribution in [-0.2, 0) is 0 Å². The zero-order valence-electron chi connectivity index (χ0n) is 8.04. The molecule has 0 spiro atoms. The van der Waals surface area contributed by atoms with Crippen LogP contribution in [0.15, 0.2) is 33.8 Å². The number of nitriles is 2. The second-order valence-electron chi connectivity index (χ2n) is 2.84. The molecule has 0 aromatic carbocycles. The lowest BCUT2D eigenvalue weighted by Crippen LogP contribution is -1.76. The Labute approximate surface area is 95.7 Å². The third kappa shape index (κ3) is 2.00. The smallest absolute Gasteiger partial charge is 0.162 e. The number of rotatable bonds is 2.